The standard InChI is InChI=1S/C26H32N2O7/c1-32-21-8-4-6-19(12-21)14-24(29)28-16-23(35-18-20-7-5-9-22(13-20)33-2)15-27(25(30)17-28)11-10-26(31)34-3/h4-9,12-13,23H,10-11,14-18H2,1-3H3. The van der Waals surface area contributed by atoms with Gasteiger partial charge in [-0.1, -0.05) is 24.3 Å². The summed E-state index contributed by atoms with van der Waals surface area (Å²) in [5.41, 5.74) is 1.71. The Hall–Kier alpha value is -3.59. The predicted molar refractivity (Wildman–Crippen MR) is 128 cm³/mol. The van der Waals surface area contributed by atoms with Crippen molar-refractivity contribution in [2.24, 2.45) is 0 Å². The molecule has 9 heteroatoms. The van der Waals surface area contributed by atoms with E-state index in [1.807, 2.05) is 42.5 Å². The summed E-state index contributed by atoms with van der Waals surface area (Å²) in [6, 6.07) is 14.8. The van der Waals surface area contributed by atoms with Crippen molar-refractivity contribution in [3.8, 4) is 11.5 Å². The summed E-state index contributed by atoms with van der Waals surface area (Å²) in [6.07, 6.45) is -0.225. The molecule has 1 atom stereocenters. The summed E-state index contributed by atoms with van der Waals surface area (Å²) in [5.74, 6) is 0.561. The molecule has 1 aliphatic heterocycles. The van der Waals surface area contributed by atoms with Gasteiger partial charge in [0.2, 0.25) is 11.8 Å². The third-order valence-electron chi connectivity index (χ3n) is 5.80. The maximum Gasteiger partial charge on any atom is 0.307 e. The first-order valence-corrected chi connectivity index (χ1v) is 11.4. The highest BCUT2D eigenvalue weighted by atomic mass is 16.5. The van der Waals surface area contributed by atoms with Gasteiger partial charge in [0.05, 0.1) is 53.4 Å². The zero-order valence-electron chi connectivity index (χ0n) is 20.4. The maximum absolute atomic E-state index is 13.2. The van der Waals surface area contributed by atoms with Gasteiger partial charge >= 0.3 is 5.97 Å². The number of carbonyl (C=O) groups excluding carboxylic acids is 3. The fourth-order valence-corrected chi connectivity index (χ4v) is 3.86. The monoisotopic (exact) mass is 484 g/mol. The second kappa shape index (κ2) is 12.8. The smallest absolute Gasteiger partial charge is 0.307 e. The highest BCUT2D eigenvalue weighted by molar-refractivity contribution is 5.86. The average molecular weight is 485 g/mol. The average Bonchev–Trinajstić information content (AvgIpc) is 3.04. The molecule has 0 saturated carbocycles. The highest BCUT2D eigenvalue weighted by Gasteiger charge is 2.31. The summed E-state index contributed by atoms with van der Waals surface area (Å²) in [6.45, 7) is 0.931. The normalized spacial score (nSPS) is 16.0. The molecule has 1 saturated heterocycles. The topological polar surface area (TPSA) is 94.6 Å². The number of rotatable bonds is 10. The fraction of sp³-hybridized carbons (Fsp3) is 0.423. The minimum atomic E-state index is -0.431. The van der Waals surface area contributed by atoms with Crippen molar-refractivity contribution in [3.05, 3.63) is 59.7 Å². The predicted octanol–water partition coefficient (Wildman–Crippen LogP) is 2.07. The van der Waals surface area contributed by atoms with Gasteiger partial charge in [-0.05, 0) is 35.4 Å². The van der Waals surface area contributed by atoms with Gasteiger partial charge in [-0.15, -0.1) is 0 Å². The van der Waals surface area contributed by atoms with E-state index in [9.17, 15) is 14.4 Å². The van der Waals surface area contributed by atoms with Crippen LogP contribution in [0, 0.1) is 0 Å². The number of carbonyl (C=O) groups is 3. The Bertz CT molecular complexity index is 1030. The van der Waals surface area contributed by atoms with Crippen LogP contribution in [0.3, 0.4) is 0 Å². The second-order valence-corrected chi connectivity index (χ2v) is 8.25. The Kier molecular flexibility index (Phi) is 9.48. The van der Waals surface area contributed by atoms with Crippen LogP contribution in [-0.2, 0) is 36.9 Å². The summed E-state index contributed by atoms with van der Waals surface area (Å²) in [5, 5.41) is 0. The second-order valence-electron chi connectivity index (χ2n) is 8.25. The summed E-state index contributed by atoms with van der Waals surface area (Å²) in [4.78, 5) is 40.9. The van der Waals surface area contributed by atoms with Crippen molar-refractivity contribution in [1.82, 2.24) is 9.80 Å². The number of methoxy groups -OCH3 is 3. The lowest BCUT2D eigenvalue weighted by Crippen LogP contribution is -2.40. The van der Waals surface area contributed by atoms with Gasteiger partial charge in [-0.25, -0.2) is 0 Å². The van der Waals surface area contributed by atoms with Crippen LogP contribution in [0.25, 0.3) is 0 Å². The Labute approximate surface area is 205 Å². The van der Waals surface area contributed by atoms with Crippen molar-refractivity contribution in [3.63, 3.8) is 0 Å². The van der Waals surface area contributed by atoms with Crippen LogP contribution in [0.15, 0.2) is 48.5 Å². The molecule has 9 nitrogen and oxygen atoms in total. The Morgan fingerprint density at radius 1 is 0.943 bits per heavy atom. The van der Waals surface area contributed by atoms with Gasteiger partial charge in [0, 0.05) is 19.6 Å². The van der Waals surface area contributed by atoms with Crippen molar-refractivity contribution < 1.29 is 33.3 Å². The van der Waals surface area contributed by atoms with Crippen molar-refractivity contribution in [1.29, 1.82) is 0 Å². The molecule has 35 heavy (non-hydrogen) atoms. The van der Waals surface area contributed by atoms with Crippen molar-refractivity contribution in [2.75, 3.05) is 47.5 Å². The molecular weight excluding hydrogens is 452 g/mol. The van der Waals surface area contributed by atoms with E-state index in [1.54, 1.807) is 25.2 Å². The number of hydrogen-bond acceptors (Lipinski definition) is 7. The molecule has 3 rings (SSSR count). The molecule has 2 aromatic carbocycles. The summed E-state index contributed by atoms with van der Waals surface area (Å²) >= 11 is 0. The molecule has 188 valence electrons. The first kappa shape index (κ1) is 26.0. The van der Waals surface area contributed by atoms with E-state index < -0.39 is 12.1 Å². The molecular formula is C26H32N2O7. The van der Waals surface area contributed by atoms with Crippen LogP contribution < -0.4 is 9.47 Å². The zero-order valence-corrected chi connectivity index (χ0v) is 20.4. The SMILES string of the molecule is COC(=O)CCN1CC(OCc2cccc(OC)c2)CN(C(=O)Cc2cccc(OC)c2)CC1=O. The summed E-state index contributed by atoms with van der Waals surface area (Å²) < 4.78 is 21.4. The first-order chi connectivity index (χ1) is 16.9. The number of ether oxygens (including phenoxy) is 4. The quantitative estimate of drug-likeness (QED) is 0.477. The first-order valence-electron chi connectivity index (χ1n) is 11.4. The number of esters is 1. The molecule has 0 aliphatic carbocycles. The van der Waals surface area contributed by atoms with E-state index >= 15 is 0 Å². The molecule has 2 aromatic rings. The van der Waals surface area contributed by atoms with Crippen molar-refractivity contribution >= 4 is 17.8 Å². The maximum atomic E-state index is 13.2. The third kappa shape index (κ3) is 7.71. The molecule has 0 spiro atoms. The Morgan fingerprint density at radius 3 is 2.26 bits per heavy atom. The molecule has 0 radical (unpaired) electrons. The molecule has 0 N–H and O–H groups in total. The Morgan fingerprint density at radius 2 is 1.60 bits per heavy atom. The van der Waals surface area contributed by atoms with E-state index in [0.29, 0.717) is 12.4 Å². The van der Waals surface area contributed by atoms with E-state index in [0.717, 1.165) is 16.9 Å². The van der Waals surface area contributed by atoms with E-state index in [-0.39, 0.29) is 50.8 Å². The number of amides is 2. The molecule has 1 heterocycles. The lowest BCUT2D eigenvalue weighted by atomic mass is 10.1. The lowest BCUT2D eigenvalue weighted by molar-refractivity contribution is -0.142. The molecule has 1 unspecified atom stereocenters. The zero-order chi connectivity index (χ0) is 25.2. The van der Waals surface area contributed by atoms with E-state index in [1.165, 1.54) is 12.0 Å². The van der Waals surface area contributed by atoms with Gasteiger partial charge in [-0.3, -0.25) is 14.4 Å². The molecule has 0 bridgehead atoms. The van der Waals surface area contributed by atoms with Crippen LogP contribution in [0.4, 0.5) is 0 Å². The van der Waals surface area contributed by atoms with Crippen molar-refractivity contribution in [2.45, 2.75) is 25.6 Å². The molecule has 1 aliphatic rings. The number of benzene rings is 2. The van der Waals surface area contributed by atoms with E-state index in [2.05, 4.69) is 0 Å². The minimum absolute atomic E-state index is 0.0720. The van der Waals surface area contributed by atoms with Crippen LogP contribution in [0.1, 0.15) is 17.5 Å². The highest BCUT2D eigenvalue weighted by Crippen LogP contribution is 2.18. The lowest BCUT2D eigenvalue weighted by Gasteiger charge is -2.25. The summed E-state index contributed by atoms with van der Waals surface area (Å²) in [7, 11) is 4.48. The van der Waals surface area contributed by atoms with Crippen LogP contribution in [-0.4, -0.2) is 81.2 Å². The van der Waals surface area contributed by atoms with E-state index in [4.69, 9.17) is 18.9 Å². The molecule has 2 amide bonds. The largest absolute Gasteiger partial charge is 0.497 e. The number of nitrogens with zero attached hydrogens (tertiary/aromatic N) is 2. The number of hydrogen-bond donors (Lipinski definition) is 0. The van der Waals surface area contributed by atoms with Crippen LogP contribution in [0.5, 0.6) is 11.5 Å². The van der Waals surface area contributed by atoms with Gasteiger partial charge in [-0.2, -0.15) is 0 Å². The van der Waals surface area contributed by atoms with Gasteiger partial charge in [0.15, 0.2) is 0 Å². The van der Waals surface area contributed by atoms with Crippen LogP contribution >= 0.6 is 0 Å². The van der Waals surface area contributed by atoms with Crippen LogP contribution in [0.2, 0.25) is 0 Å². The third-order valence-corrected chi connectivity index (χ3v) is 5.80. The molecule has 0 aromatic heterocycles. The molecule has 1 fully saturated rings. The Balaban J connectivity index is 1.73. The fourth-order valence-electron chi connectivity index (χ4n) is 3.86. The van der Waals surface area contributed by atoms with Gasteiger partial charge in [0.25, 0.3) is 0 Å². The van der Waals surface area contributed by atoms with Gasteiger partial charge < -0.3 is 28.7 Å². The minimum Gasteiger partial charge on any atom is -0.497 e. The van der Waals surface area contributed by atoms with Gasteiger partial charge in [0.1, 0.15) is 11.5 Å².